The summed E-state index contributed by atoms with van der Waals surface area (Å²) in [4.78, 5) is 13.8. The molecule has 0 radical (unpaired) electrons. The molecule has 0 saturated carbocycles. The molecule has 16 heavy (non-hydrogen) atoms. The minimum Gasteiger partial charge on any atom is -0.353 e. The van der Waals surface area contributed by atoms with Gasteiger partial charge in [-0.3, -0.25) is 9.69 Å². The highest BCUT2D eigenvalue weighted by Crippen LogP contribution is 2.15. The second-order valence-corrected chi connectivity index (χ2v) is 5.17. The Hall–Kier alpha value is -0.610. The van der Waals surface area contributed by atoms with Gasteiger partial charge in [-0.2, -0.15) is 0 Å². The van der Waals surface area contributed by atoms with E-state index < -0.39 is 0 Å². The Labute approximate surface area is 98.8 Å². The van der Waals surface area contributed by atoms with Crippen molar-refractivity contribution in [3.8, 4) is 0 Å². The minimum absolute atomic E-state index is 0.128. The first-order chi connectivity index (χ1) is 7.50. The SMILES string of the molecule is CC(C)NC(=O)CN(C)C1CCNCC1C. The van der Waals surface area contributed by atoms with Crippen LogP contribution < -0.4 is 10.6 Å². The van der Waals surface area contributed by atoms with E-state index in [1.165, 1.54) is 0 Å². The third-order valence-corrected chi connectivity index (χ3v) is 3.15. The van der Waals surface area contributed by atoms with Crippen LogP contribution in [0.4, 0.5) is 0 Å². The van der Waals surface area contributed by atoms with Crippen molar-refractivity contribution < 1.29 is 4.79 Å². The van der Waals surface area contributed by atoms with Gasteiger partial charge in [0.25, 0.3) is 0 Å². The Morgan fingerprint density at radius 1 is 1.56 bits per heavy atom. The van der Waals surface area contributed by atoms with Crippen LogP contribution in [0.25, 0.3) is 0 Å². The van der Waals surface area contributed by atoms with Crippen LogP contribution in [-0.4, -0.2) is 49.6 Å². The lowest BCUT2D eigenvalue weighted by atomic mass is 9.94. The van der Waals surface area contributed by atoms with Gasteiger partial charge in [0.05, 0.1) is 6.54 Å². The van der Waals surface area contributed by atoms with E-state index in [1.807, 2.05) is 20.9 Å². The molecule has 0 aromatic heterocycles. The zero-order chi connectivity index (χ0) is 12.1. The Bertz CT molecular complexity index is 230. The highest BCUT2D eigenvalue weighted by molar-refractivity contribution is 5.78. The van der Waals surface area contributed by atoms with Crippen molar-refractivity contribution in [2.45, 2.75) is 39.3 Å². The molecule has 2 unspecified atom stereocenters. The first-order valence-corrected chi connectivity index (χ1v) is 6.21. The summed E-state index contributed by atoms with van der Waals surface area (Å²) < 4.78 is 0. The quantitative estimate of drug-likeness (QED) is 0.732. The van der Waals surface area contributed by atoms with Gasteiger partial charge in [0.15, 0.2) is 0 Å². The number of piperidine rings is 1. The van der Waals surface area contributed by atoms with E-state index in [-0.39, 0.29) is 11.9 Å². The maximum absolute atomic E-state index is 11.6. The molecule has 0 aromatic carbocycles. The van der Waals surface area contributed by atoms with E-state index in [4.69, 9.17) is 0 Å². The number of hydrogen-bond acceptors (Lipinski definition) is 3. The van der Waals surface area contributed by atoms with Crippen LogP contribution in [0.2, 0.25) is 0 Å². The number of carbonyl (C=O) groups is 1. The summed E-state index contributed by atoms with van der Waals surface area (Å²) in [6.45, 7) is 8.85. The molecule has 1 aliphatic rings. The summed E-state index contributed by atoms with van der Waals surface area (Å²) in [5.41, 5.74) is 0. The van der Waals surface area contributed by atoms with Gasteiger partial charge in [0.1, 0.15) is 0 Å². The first kappa shape index (κ1) is 13.5. The summed E-state index contributed by atoms with van der Waals surface area (Å²) in [6, 6.07) is 0.755. The molecule has 0 aliphatic carbocycles. The van der Waals surface area contributed by atoms with Crippen molar-refractivity contribution in [1.82, 2.24) is 15.5 Å². The van der Waals surface area contributed by atoms with Gasteiger partial charge < -0.3 is 10.6 Å². The molecule has 1 heterocycles. The van der Waals surface area contributed by atoms with Crippen molar-refractivity contribution in [3.63, 3.8) is 0 Å². The second kappa shape index (κ2) is 6.21. The molecule has 1 saturated heterocycles. The second-order valence-electron chi connectivity index (χ2n) is 5.17. The van der Waals surface area contributed by atoms with Gasteiger partial charge in [-0.15, -0.1) is 0 Å². The fraction of sp³-hybridized carbons (Fsp3) is 0.917. The van der Waals surface area contributed by atoms with Crippen LogP contribution in [0.3, 0.4) is 0 Å². The van der Waals surface area contributed by atoms with E-state index in [9.17, 15) is 4.79 Å². The Kier molecular flexibility index (Phi) is 5.22. The lowest BCUT2D eigenvalue weighted by molar-refractivity contribution is -0.123. The zero-order valence-corrected chi connectivity index (χ0v) is 10.9. The third-order valence-electron chi connectivity index (χ3n) is 3.15. The normalized spacial score (nSPS) is 26.1. The molecular formula is C12H25N3O. The summed E-state index contributed by atoms with van der Waals surface area (Å²) >= 11 is 0. The first-order valence-electron chi connectivity index (χ1n) is 6.21. The van der Waals surface area contributed by atoms with E-state index in [1.54, 1.807) is 0 Å². The molecule has 2 N–H and O–H groups in total. The monoisotopic (exact) mass is 227 g/mol. The largest absolute Gasteiger partial charge is 0.353 e. The minimum atomic E-state index is 0.128. The van der Waals surface area contributed by atoms with Crippen LogP contribution in [0.15, 0.2) is 0 Å². The molecule has 1 rings (SSSR count). The summed E-state index contributed by atoms with van der Waals surface area (Å²) in [7, 11) is 2.05. The number of likely N-dealkylation sites (N-methyl/N-ethyl adjacent to an activating group) is 1. The fourth-order valence-electron chi connectivity index (χ4n) is 2.37. The van der Waals surface area contributed by atoms with Crippen LogP contribution in [0.5, 0.6) is 0 Å². The van der Waals surface area contributed by atoms with Crippen molar-refractivity contribution in [1.29, 1.82) is 0 Å². The van der Waals surface area contributed by atoms with Crippen molar-refractivity contribution in [2.24, 2.45) is 5.92 Å². The maximum atomic E-state index is 11.6. The maximum Gasteiger partial charge on any atom is 0.234 e. The Morgan fingerprint density at radius 3 is 2.81 bits per heavy atom. The van der Waals surface area contributed by atoms with Crippen molar-refractivity contribution in [2.75, 3.05) is 26.7 Å². The molecule has 0 aromatic rings. The van der Waals surface area contributed by atoms with Crippen LogP contribution >= 0.6 is 0 Å². The number of nitrogens with one attached hydrogen (secondary N) is 2. The van der Waals surface area contributed by atoms with E-state index >= 15 is 0 Å². The Morgan fingerprint density at radius 2 is 2.25 bits per heavy atom. The fourth-order valence-corrected chi connectivity index (χ4v) is 2.37. The predicted molar refractivity (Wildman–Crippen MR) is 66.3 cm³/mol. The molecule has 1 fully saturated rings. The van der Waals surface area contributed by atoms with Crippen molar-refractivity contribution >= 4 is 5.91 Å². The third kappa shape index (κ3) is 4.10. The van der Waals surface area contributed by atoms with Gasteiger partial charge in [-0.1, -0.05) is 6.92 Å². The van der Waals surface area contributed by atoms with E-state index in [2.05, 4.69) is 22.5 Å². The molecule has 1 aliphatic heterocycles. The lowest BCUT2D eigenvalue weighted by Crippen LogP contribution is -2.50. The number of carbonyl (C=O) groups excluding carboxylic acids is 1. The lowest BCUT2D eigenvalue weighted by Gasteiger charge is -2.36. The molecule has 1 amide bonds. The smallest absolute Gasteiger partial charge is 0.234 e. The highest BCUT2D eigenvalue weighted by atomic mass is 16.2. The summed E-state index contributed by atoms with van der Waals surface area (Å²) in [5.74, 6) is 0.744. The molecule has 4 heteroatoms. The Balaban J connectivity index is 2.38. The predicted octanol–water partition coefficient (Wildman–Crippen LogP) is 0.441. The average Bonchev–Trinajstić information content (AvgIpc) is 2.16. The molecule has 94 valence electrons. The molecular weight excluding hydrogens is 202 g/mol. The van der Waals surface area contributed by atoms with Crippen LogP contribution in [0, 0.1) is 5.92 Å². The average molecular weight is 227 g/mol. The van der Waals surface area contributed by atoms with E-state index in [0.717, 1.165) is 19.5 Å². The number of rotatable bonds is 4. The van der Waals surface area contributed by atoms with Crippen LogP contribution in [0.1, 0.15) is 27.2 Å². The molecule has 0 bridgehead atoms. The summed E-state index contributed by atoms with van der Waals surface area (Å²) in [5, 5.41) is 6.31. The number of nitrogens with zero attached hydrogens (tertiary/aromatic N) is 1. The number of hydrogen-bond donors (Lipinski definition) is 2. The standard InChI is InChI=1S/C12H25N3O/c1-9(2)14-12(16)8-15(4)11-5-6-13-7-10(11)3/h9-11,13H,5-8H2,1-4H3,(H,14,16). The number of amides is 1. The van der Waals surface area contributed by atoms with Gasteiger partial charge in [-0.05, 0) is 46.3 Å². The summed E-state index contributed by atoms with van der Waals surface area (Å²) in [6.07, 6.45) is 1.13. The van der Waals surface area contributed by atoms with Gasteiger partial charge >= 0.3 is 0 Å². The molecule has 0 spiro atoms. The van der Waals surface area contributed by atoms with E-state index in [0.29, 0.717) is 18.5 Å². The molecule has 2 atom stereocenters. The van der Waals surface area contributed by atoms with Crippen molar-refractivity contribution in [3.05, 3.63) is 0 Å². The topological polar surface area (TPSA) is 44.4 Å². The highest BCUT2D eigenvalue weighted by Gasteiger charge is 2.25. The van der Waals surface area contributed by atoms with Crippen LogP contribution in [-0.2, 0) is 4.79 Å². The zero-order valence-electron chi connectivity index (χ0n) is 10.9. The van der Waals surface area contributed by atoms with Gasteiger partial charge in [-0.25, -0.2) is 0 Å². The molecule has 4 nitrogen and oxygen atoms in total. The van der Waals surface area contributed by atoms with Gasteiger partial charge in [0.2, 0.25) is 5.91 Å². The van der Waals surface area contributed by atoms with Gasteiger partial charge in [0, 0.05) is 12.1 Å².